The maximum absolute atomic E-state index is 12.3. The lowest BCUT2D eigenvalue weighted by Crippen LogP contribution is -1.83. The highest BCUT2D eigenvalue weighted by Crippen LogP contribution is 2.27. The van der Waals surface area contributed by atoms with Crippen molar-refractivity contribution in [2.45, 2.75) is 6.43 Å². The van der Waals surface area contributed by atoms with E-state index in [1.807, 2.05) is 0 Å². The molecule has 1 heterocycles. The van der Waals surface area contributed by atoms with Crippen molar-refractivity contribution in [2.75, 3.05) is 0 Å². The first-order valence-electron chi connectivity index (χ1n) is 3.63. The lowest BCUT2D eigenvalue weighted by atomic mass is 10.2. The number of nitrogens with zero attached hydrogens (tertiary/aromatic N) is 1. The molecule has 68 valence electrons. The Kier molecular flexibility index (Phi) is 1.65. The van der Waals surface area contributed by atoms with Crippen molar-refractivity contribution in [1.82, 2.24) is 10.2 Å². The largest absolute Gasteiger partial charge is 0.508 e. The van der Waals surface area contributed by atoms with E-state index in [1.54, 1.807) is 0 Å². The van der Waals surface area contributed by atoms with Crippen LogP contribution in [-0.2, 0) is 0 Å². The molecule has 0 aliphatic carbocycles. The molecule has 0 saturated heterocycles. The third-order valence-electron chi connectivity index (χ3n) is 1.79. The van der Waals surface area contributed by atoms with Gasteiger partial charge in [0.15, 0.2) is 0 Å². The fraction of sp³-hybridized carbons (Fsp3) is 0.125. The highest BCUT2D eigenvalue weighted by molar-refractivity contribution is 5.82. The summed E-state index contributed by atoms with van der Waals surface area (Å²) in [7, 11) is 0. The maximum atomic E-state index is 12.3. The lowest BCUT2D eigenvalue weighted by molar-refractivity contribution is 0.147. The predicted molar refractivity (Wildman–Crippen MR) is 42.7 cm³/mol. The van der Waals surface area contributed by atoms with Gasteiger partial charge in [-0.05, 0) is 18.2 Å². The maximum Gasteiger partial charge on any atom is 0.280 e. The minimum Gasteiger partial charge on any atom is -0.508 e. The van der Waals surface area contributed by atoms with Crippen LogP contribution >= 0.6 is 0 Å². The molecule has 0 aliphatic rings. The second-order valence-corrected chi connectivity index (χ2v) is 2.64. The zero-order valence-electron chi connectivity index (χ0n) is 6.46. The fourth-order valence-corrected chi connectivity index (χ4v) is 1.18. The number of halogens is 2. The summed E-state index contributed by atoms with van der Waals surface area (Å²) < 4.78 is 24.6. The minimum atomic E-state index is -2.60. The number of alkyl halides is 2. The molecule has 0 saturated carbocycles. The molecule has 3 nitrogen and oxygen atoms in total. The van der Waals surface area contributed by atoms with Crippen molar-refractivity contribution in [3.8, 4) is 5.75 Å². The quantitative estimate of drug-likeness (QED) is 0.713. The van der Waals surface area contributed by atoms with Crippen molar-refractivity contribution in [2.24, 2.45) is 0 Å². The van der Waals surface area contributed by atoms with E-state index in [2.05, 4.69) is 10.2 Å². The average molecular weight is 184 g/mol. The molecule has 0 unspecified atom stereocenters. The van der Waals surface area contributed by atoms with E-state index in [1.165, 1.54) is 18.2 Å². The third kappa shape index (κ3) is 1.22. The molecule has 2 aromatic rings. The number of phenols is 1. The molecule has 2 N–H and O–H groups in total. The number of rotatable bonds is 1. The van der Waals surface area contributed by atoms with Crippen LogP contribution in [0.1, 0.15) is 12.1 Å². The van der Waals surface area contributed by atoms with E-state index in [9.17, 15) is 8.78 Å². The summed E-state index contributed by atoms with van der Waals surface area (Å²) in [4.78, 5) is 0. The number of aromatic amines is 1. The van der Waals surface area contributed by atoms with Crippen molar-refractivity contribution >= 4 is 10.9 Å². The highest BCUT2D eigenvalue weighted by atomic mass is 19.3. The van der Waals surface area contributed by atoms with Gasteiger partial charge in [-0.2, -0.15) is 5.10 Å². The summed E-state index contributed by atoms with van der Waals surface area (Å²) in [5.74, 6) is -0.0456. The summed E-state index contributed by atoms with van der Waals surface area (Å²) in [6.45, 7) is 0. The van der Waals surface area contributed by atoms with Crippen LogP contribution in [0.25, 0.3) is 10.9 Å². The number of aromatic nitrogens is 2. The van der Waals surface area contributed by atoms with Gasteiger partial charge >= 0.3 is 0 Å². The number of H-pyrrole nitrogens is 1. The topological polar surface area (TPSA) is 48.9 Å². The van der Waals surface area contributed by atoms with E-state index < -0.39 is 6.43 Å². The van der Waals surface area contributed by atoms with E-state index in [0.29, 0.717) is 5.52 Å². The molecule has 0 bridgehead atoms. The Morgan fingerprint density at radius 3 is 2.85 bits per heavy atom. The van der Waals surface area contributed by atoms with Gasteiger partial charge in [-0.25, -0.2) is 8.78 Å². The zero-order chi connectivity index (χ0) is 9.42. The second kappa shape index (κ2) is 2.69. The minimum absolute atomic E-state index is 0.0456. The standard InChI is InChI=1S/C8H6F2N2O/c9-8(10)7-5-3-4(13)1-2-6(5)11-12-7/h1-3,8,13H,(H,11,12). The molecule has 13 heavy (non-hydrogen) atoms. The Morgan fingerprint density at radius 1 is 1.38 bits per heavy atom. The van der Waals surface area contributed by atoms with Crippen LogP contribution in [0.5, 0.6) is 5.75 Å². The number of benzene rings is 1. The van der Waals surface area contributed by atoms with Crippen molar-refractivity contribution < 1.29 is 13.9 Å². The van der Waals surface area contributed by atoms with Crippen LogP contribution in [0.4, 0.5) is 8.78 Å². The first-order valence-corrected chi connectivity index (χ1v) is 3.63. The van der Waals surface area contributed by atoms with Crippen molar-refractivity contribution in [1.29, 1.82) is 0 Å². The monoisotopic (exact) mass is 184 g/mol. The van der Waals surface area contributed by atoms with Gasteiger partial charge < -0.3 is 5.11 Å². The molecular formula is C8H6F2N2O. The van der Waals surface area contributed by atoms with Crippen LogP contribution < -0.4 is 0 Å². The van der Waals surface area contributed by atoms with Gasteiger partial charge in [0.2, 0.25) is 0 Å². The molecular weight excluding hydrogens is 178 g/mol. The summed E-state index contributed by atoms with van der Waals surface area (Å²) >= 11 is 0. The van der Waals surface area contributed by atoms with E-state index >= 15 is 0 Å². The van der Waals surface area contributed by atoms with Crippen molar-refractivity contribution in [3.63, 3.8) is 0 Å². The first-order chi connectivity index (χ1) is 6.18. The van der Waals surface area contributed by atoms with Gasteiger partial charge in [0.1, 0.15) is 11.4 Å². The summed E-state index contributed by atoms with van der Waals surface area (Å²) in [5.41, 5.74) is 0.166. The van der Waals surface area contributed by atoms with Gasteiger partial charge in [-0.15, -0.1) is 0 Å². The summed E-state index contributed by atoms with van der Waals surface area (Å²) in [6.07, 6.45) is -2.60. The van der Waals surface area contributed by atoms with Gasteiger partial charge in [0, 0.05) is 5.39 Å². The normalized spacial score (nSPS) is 11.3. The lowest BCUT2D eigenvalue weighted by Gasteiger charge is -1.95. The fourth-order valence-electron chi connectivity index (χ4n) is 1.18. The summed E-state index contributed by atoms with van der Waals surface area (Å²) in [5, 5.41) is 15.2. The van der Waals surface area contributed by atoms with Crippen molar-refractivity contribution in [3.05, 3.63) is 23.9 Å². The van der Waals surface area contributed by atoms with Crippen LogP contribution in [0, 0.1) is 0 Å². The Bertz CT molecular complexity index is 439. The SMILES string of the molecule is Oc1ccc2n[nH]c(C(F)F)c2c1. The molecule has 0 amide bonds. The van der Waals surface area contributed by atoms with Crippen LogP contribution in [0.15, 0.2) is 18.2 Å². The Labute approximate surface area is 72.0 Å². The summed E-state index contributed by atoms with van der Waals surface area (Å²) in [6, 6.07) is 4.14. The number of fused-ring (bicyclic) bond motifs is 1. The molecule has 1 aromatic heterocycles. The van der Waals surface area contributed by atoms with Gasteiger partial charge in [0.05, 0.1) is 5.52 Å². The molecule has 5 heteroatoms. The predicted octanol–water partition coefficient (Wildman–Crippen LogP) is 2.21. The molecule has 1 aromatic carbocycles. The molecule has 0 aliphatic heterocycles. The number of phenolic OH excluding ortho intramolecular Hbond substituents is 1. The van der Waals surface area contributed by atoms with Crippen LogP contribution in [-0.4, -0.2) is 15.3 Å². The van der Waals surface area contributed by atoms with Crippen LogP contribution in [0.3, 0.4) is 0 Å². The molecule has 0 radical (unpaired) electrons. The number of hydrogen-bond donors (Lipinski definition) is 2. The molecule has 0 fully saturated rings. The average Bonchev–Trinajstić information content (AvgIpc) is 2.46. The molecule has 0 atom stereocenters. The zero-order valence-corrected chi connectivity index (χ0v) is 6.46. The number of nitrogens with one attached hydrogen (secondary N) is 1. The Hall–Kier alpha value is -1.65. The van der Waals surface area contributed by atoms with Gasteiger partial charge in [-0.3, -0.25) is 5.10 Å². The second-order valence-electron chi connectivity index (χ2n) is 2.64. The van der Waals surface area contributed by atoms with Crippen LogP contribution in [0.2, 0.25) is 0 Å². The van der Waals surface area contributed by atoms with Gasteiger partial charge in [0.25, 0.3) is 6.43 Å². The van der Waals surface area contributed by atoms with E-state index in [4.69, 9.17) is 5.11 Å². The number of aromatic hydroxyl groups is 1. The van der Waals surface area contributed by atoms with E-state index in [-0.39, 0.29) is 16.8 Å². The Balaban J connectivity index is 2.71. The highest BCUT2D eigenvalue weighted by Gasteiger charge is 2.14. The molecule has 2 rings (SSSR count). The smallest absolute Gasteiger partial charge is 0.280 e. The Morgan fingerprint density at radius 2 is 2.15 bits per heavy atom. The third-order valence-corrected chi connectivity index (χ3v) is 1.79. The first kappa shape index (κ1) is 7.97. The molecule has 0 spiro atoms. The van der Waals surface area contributed by atoms with E-state index in [0.717, 1.165) is 0 Å². The van der Waals surface area contributed by atoms with Gasteiger partial charge in [-0.1, -0.05) is 0 Å². The number of hydrogen-bond acceptors (Lipinski definition) is 2.